The second-order valence-electron chi connectivity index (χ2n) is 7.12. The normalized spacial score (nSPS) is 11.0. The third kappa shape index (κ3) is 4.24. The minimum Gasteiger partial charge on any atom is -0.348 e. The Balaban J connectivity index is 2.66. The van der Waals surface area contributed by atoms with Crippen molar-refractivity contribution in [2.45, 2.75) is 73.8 Å². The van der Waals surface area contributed by atoms with Crippen molar-refractivity contribution in [3.8, 4) is 0 Å². The van der Waals surface area contributed by atoms with E-state index in [4.69, 9.17) is 0 Å². The van der Waals surface area contributed by atoms with E-state index in [2.05, 4.69) is 53.5 Å². The van der Waals surface area contributed by atoms with Gasteiger partial charge in [0.25, 0.3) is 5.91 Å². The second kappa shape index (κ2) is 9.55. The van der Waals surface area contributed by atoms with Crippen molar-refractivity contribution < 1.29 is 4.79 Å². The molecule has 0 atom stereocenters. The molecule has 1 amide bonds. The number of hydrogen-bond acceptors (Lipinski definition) is 2. The van der Waals surface area contributed by atoms with Crippen molar-refractivity contribution in [3.63, 3.8) is 0 Å². The molecule has 0 spiro atoms. The molecule has 2 aromatic rings. The van der Waals surface area contributed by atoms with E-state index in [0.29, 0.717) is 17.5 Å². The highest BCUT2D eigenvalue weighted by molar-refractivity contribution is 9.10. The maximum atomic E-state index is 13.3. The highest BCUT2D eigenvalue weighted by Crippen LogP contribution is 2.28. The average molecular weight is 447 g/mol. The van der Waals surface area contributed by atoms with Gasteiger partial charge in [0, 0.05) is 33.7 Å². The molecule has 2 rings (SSSR count). The number of benzene rings is 1. The molecule has 0 aliphatic carbocycles. The molecule has 1 aromatic carbocycles. The van der Waals surface area contributed by atoms with Gasteiger partial charge in [0.15, 0.2) is 5.43 Å². The lowest BCUT2D eigenvalue weighted by Crippen LogP contribution is -2.31. The number of carbonyl (C=O) groups excluding carboxylic acids is 1. The molecule has 1 aromatic heterocycles. The fourth-order valence-electron chi connectivity index (χ4n) is 3.80. The van der Waals surface area contributed by atoms with E-state index in [-0.39, 0.29) is 11.3 Å². The Morgan fingerprint density at radius 3 is 2.11 bits per heavy atom. The number of anilines is 1. The van der Waals surface area contributed by atoms with E-state index in [1.807, 2.05) is 26.0 Å². The molecule has 0 saturated heterocycles. The van der Waals surface area contributed by atoms with Gasteiger partial charge in [0.1, 0.15) is 5.56 Å². The molecule has 1 N–H and O–H groups in total. The van der Waals surface area contributed by atoms with Gasteiger partial charge in [-0.05, 0) is 63.3 Å². The molecule has 0 aliphatic rings. The summed E-state index contributed by atoms with van der Waals surface area (Å²) in [5.41, 5.74) is 5.53. The van der Waals surface area contributed by atoms with Crippen LogP contribution >= 0.6 is 15.9 Å². The van der Waals surface area contributed by atoms with Gasteiger partial charge in [0.2, 0.25) is 0 Å². The first-order valence-corrected chi connectivity index (χ1v) is 10.9. The van der Waals surface area contributed by atoms with Gasteiger partial charge in [-0.25, -0.2) is 0 Å². The molecule has 0 saturated carbocycles. The summed E-state index contributed by atoms with van der Waals surface area (Å²) in [5, 5.41) is 3.09. The Morgan fingerprint density at radius 2 is 1.64 bits per heavy atom. The standard InChI is InChI=1S/C23H31BrN2O2/c1-7-11-19-20(22(27)14(5)15(6)26(19)10-4)23(28)25-21-16(8-2)12-18(24)13-17(21)9-3/h12-13H,7-11H2,1-6H3,(H,25,28). The van der Waals surface area contributed by atoms with Crippen molar-refractivity contribution in [3.05, 3.63) is 60.5 Å². The summed E-state index contributed by atoms with van der Waals surface area (Å²) in [6, 6.07) is 4.07. The van der Waals surface area contributed by atoms with Gasteiger partial charge in [-0.1, -0.05) is 43.1 Å². The number of aromatic nitrogens is 1. The summed E-state index contributed by atoms with van der Waals surface area (Å²) >= 11 is 3.55. The number of halogens is 1. The molecule has 0 radical (unpaired) electrons. The number of aryl methyl sites for hydroxylation is 2. The molecule has 1 heterocycles. The third-order valence-electron chi connectivity index (χ3n) is 5.43. The first kappa shape index (κ1) is 22.4. The quantitative estimate of drug-likeness (QED) is 0.603. The van der Waals surface area contributed by atoms with Crippen LogP contribution in [-0.4, -0.2) is 10.5 Å². The molecular formula is C23H31BrN2O2. The van der Waals surface area contributed by atoms with Gasteiger partial charge in [0.05, 0.1) is 0 Å². The number of hydrogen-bond donors (Lipinski definition) is 1. The van der Waals surface area contributed by atoms with Crippen LogP contribution in [-0.2, 0) is 25.8 Å². The van der Waals surface area contributed by atoms with Crippen LogP contribution in [0.25, 0.3) is 0 Å². The van der Waals surface area contributed by atoms with Crippen molar-refractivity contribution >= 4 is 27.5 Å². The maximum Gasteiger partial charge on any atom is 0.261 e. The van der Waals surface area contributed by atoms with Crippen LogP contribution in [0.5, 0.6) is 0 Å². The van der Waals surface area contributed by atoms with E-state index in [9.17, 15) is 9.59 Å². The fraction of sp³-hybridized carbons (Fsp3) is 0.478. The van der Waals surface area contributed by atoms with Gasteiger partial charge in [-0.2, -0.15) is 0 Å². The zero-order valence-electron chi connectivity index (χ0n) is 17.8. The Morgan fingerprint density at radius 1 is 1.07 bits per heavy atom. The zero-order chi connectivity index (χ0) is 21.0. The number of pyridine rings is 1. The summed E-state index contributed by atoms with van der Waals surface area (Å²) in [6.07, 6.45) is 3.18. The summed E-state index contributed by atoms with van der Waals surface area (Å²) < 4.78 is 3.11. The fourth-order valence-corrected chi connectivity index (χ4v) is 4.35. The predicted molar refractivity (Wildman–Crippen MR) is 121 cm³/mol. The van der Waals surface area contributed by atoms with E-state index in [0.717, 1.165) is 58.5 Å². The Labute approximate surface area is 176 Å². The summed E-state index contributed by atoms with van der Waals surface area (Å²) in [6.45, 7) is 12.8. The van der Waals surface area contributed by atoms with Gasteiger partial charge in [-0.3, -0.25) is 9.59 Å². The molecular weight excluding hydrogens is 416 g/mol. The van der Waals surface area contributed by atoms with Gasteiger partial charge >= 0.3 is 0 Å². The third-order valence-corrected chi connectivity index (χ3v) is 5.88. The number of rotatable bonds is 7. The van der Waals surface area contributed by atoms with Crippen molar-refractivity contribution in [2.24, 2.45) is 0 Å². The van der Waals surface area contributed by atoms with Gasteiger partial charge < -0.3 is 9.88 Å². The highest BCUT2D eigenvalue weighted by atomic mass is 79.9. The molecule has 5 heteroatoms. The monoisotopic (exact) mass is 446 g/mol. The number of nitrogens with one attached hydrogen (secondary N) is 1. The van der Waals surface area contributed by atoms with E-state index >= 15 is 0 Å². The smallest absolute Gasteiger partial charge is 0.261 e. The maximum absolute atomic E-state index is 13.3. The number of amides is 1. The zero-order valence-corrected chi connectivity index (χ0v) is 19.4. The number of nitrogens with zero attached hydrogens (tertiary/aromatic N) is 1. The molecule has 0 unspecified atom stereocenters. The summed E-state index contributed by atoms with van der Waals surface area (Å²) in [4.78, 5) is 26.4. The lowest BCUT2D eigenvalue weighted by Gasteiger charge is -2.21. The lowest BCUT2D eigenvalue weighted by atomic mass is 10.0. The lowest BCUT2D eigenvalue weighted by molar-refractivity contribution is 0.102. The first-order chi connectivity index (χ1) is 13.3. The molecule has 0 bridgehead atoms. The second-order valence-corrected chi connectivity index (χ2v) is 8.03. The van der Waals surface area contributed by atoms with Crippen LogP contribution in [0.4, 0.5) is 5.69 Å². The van der Waals surface area contributed by atoms with Crippen LogP contribution in [0.15, 0.2) is 21.4 Å². The van der Waals surface area contributed by atoms with Crippen molar-refractivity contribution in [2.75, 3.05) is 5.32 Å². The molecule has 0 fully saturated rings. The molecule has 4 nitrogen and oxygen atoms in total. The minimum atomic E-state index is -0.300. The average Bonchev–Trinajstić information content (AvgIpc) is 2.67. The van der Waals surface area contributed by atoms with E-state index in [1.54, 1.807) is 0 Å². The minimum absolute atomic E-state index is 0.156. The van der Waals surface area contributed by atoms with E-state index in [1.165, 1.54) is 0 Å². The van der Waals surface area contributed by atoms with Crippen LogP contribution in [0.3, 0.4) is 0 Å². The van der Waals surface area contributed by atoms with Crippen LogP contribution in [0.1, 0.15) is 72.6 Å². The Kier molecular flexibility index (Phi) is 7.64. The SMILES string of the molecule is CCCc1c(C(=O)Nc2c(CC)cc(Br)cc2CC)c(=O)c(C)c(C)n1CC. The molecule has 28 heavy (non-hydrogen) atoms. The molecule has 0 aliphatic heterocycles. The van der Waals surface area contributed by atoms with E-state index < -0.39 is 0 Å². The predicted octanol–water partition coefficient (Wildman–Crippen LogP) is 5.58. The summed E-state index contributed by atoms with van der Waals surface area (Å²) in [7, 11) is 0. The topological polar surface area (TPSA) is 51.1 Å². The van der Waals surface area contributed by atoms with Gasteiger partial charge in [-0.15, -0.1) is 0 Å². The Hall–Kier alpha value is -1.88. The van der Waals surface area contributed by atoms with Crippen molar-refractivity contribution in [1.29, 1.82) is 0 Å². The first-order valence-electron chi connectivity index (χ1n) is 10.2. The Bertz CT molecular complexity index is 920. The number of carbonyl (C=O) groups is 1. The summed E-state index contributed by atoms with van der Waals surface area (Å²) in [5.74, 6) is -0.300. The largest absolute Gasteiger partial charge is 0.348 e. The molecule has 152 valence electrons. The van der Waals surface area contributed by atoms with Crippen LogP contribution in [0.2, 0.25) is 0 Å². The van der Waals surface area contributed by atoms with Crippen molar-refractivity contribution in [1.82, 2.24) is 4.57 Å². The highest BCUT2D eigenvalue weighted by Gasteiger charge is 2.23. The van der Waals surface area contributed by atoms with Crippen LogP contribution in [0, 0.1) is 13.8 Å². The van der Waals surface area contributed by atoms with Crippen LogP contribution < -0.4 is 10.7 Å².